The zero-order chi connectivity index (χ0) is 16.7. The summed E-state index contributed by atoms with van der Waals surface area (Å²) in [4.78, 5) is 23.0. The number of benzene rings is 1. The molecule has 0 bridgehead atoms. The van der Waals surface area contributed by atoms with Gasteiger partial charge in [-0.15, -0.1) is 0 Å². The first kappa shape index (κ1) is 18.2. The minimum atomic E-state index is -1.18. The lowest BCUT2D eigenvalue weighted by Gasteiger charge is -2.20. The predicted molar refractivity (Wildman–Crippen MR) is 86.9 cm³/mol. The van der Waals surface area contributed by atoms with Crippen LogP contribution >= 0.6 is 0 Å². The second kappa shape index (κ2) is 8.57. The fourth-order valence-electron chi connectivity index (χ4n) is 2.96. The summed E-state index contributed by atoms with van der Waals surface area (Å²) in [6.07, 6.45) is 6.08. The van der Waals surface area contributed by atoms with Crippen LogP contribution in [0.1, 0.15) is 90.6 Å². The standard InChI is InChI=1S/C18H26O4/c1-4-6-7-8-9-12(3)15-13(5-2)10-11-14(17(19)20)16(15)18(21)22/h10-12H,4-9H2,1-3H3,(H,19,20)(H,21,22). The topological polar surface area (TPSA) is 74.6 Å². The first-order valence-electron chi connectivity index (χ1n) is 8.06. The molecule has 0 aliphatic rings. The summed E-state index contributed by atoms with van der Waals surface area (Å²) < 4.78 is 0. The van der Waals surface area contributed by atoms with Gasteiger partial charge in [0.25, 0.3) is 0 Å². The van der Waals surface area contributed by atoms with E-state index in [2.05, 4.69) is 6.92 Å². The second-order valence-electron chi connectivity index (χ2n) is 5.78. The minimum Gasteiger partial charge on any atom is -0.478 e. The van der Waals surface area contributed by atoms with Crippen LogP contribution in [0.3, 0.4) is 0 Å². The molecule has 22 heavy (non-hydrogen) atoms. The highest BCUT2D eigenvalue weighted by Crippen LogP contribution is 2.31. The summed E-state index contributed by atoms with van der Waals surface area (Å²) in [5.74, 6) is -2.28. The number of carboxylic acid groups (broad SMARTS) is 2. The third-order valence-electron chi connectivity index (χ3n) is 4.14. The molecule has 2 N–H and O–H groups in total. The van der Waals surface area contributed by atoms with Crippen LogP contribution in [0.4, 0.5) is 0 Å². The van der Waals surface area contributed by atoms with Crippen molar-refractivity contribution in [2.24, 2.45) is 0 Å². The van der Waals surface area contributed by atoms with Gasteiger partial charge in [-0.3, -0.25) is 0 Å². The Balaban J connectivity index is 3.20. The Hall–Kier alpha value is -1.84. The summed E-state index contributed by atoms with van der Waals surface area (Å²) in [5, 5.41) is 18.8. The Morgan fingerprint density at radius 3 is 2.23 bits per heavy atom. The van der Waals surface area contributed by atoms with Crippen LogP contribution in [-0.2, 0) is 6.42 Å². The molecule has 4 nitrogen and oxygen atoms in total. The quantitative estimate of drug-likeness (QED) is 0.647. The lowest BCUT2D eigenvalue weighted by molar-refractivity contribution is 0.0650. The van der Waals surface area contributed by atoms with E-state index in [9.17, 15) is 19.8 Å². The van der Waals surface area contributed by atoms with Gasteiger partial charge < -0.3 is 10.2 Å². The number of carboxylic acids is 2. The molecular formula is C18H26O4. The molecule has 0 aliphatic heterocycles. The molecule has 0 aromatic heterocycles. The van der Waals surface area contributed by atoms with Crippen LogP contribution < -0.4 is 0 Å². The van der Waals surface area contributed by atoms with E-state index in [0.717, 1.165) is 31.2 Å². The fourth-order valence-corrected chi connectivity index (χ4v) is 2.96. The molecular weight excluding hydrogens is 280 g/mol. The average molecular weight is 306 g/mol. The van der Waals surface area contributed by atoms with Crippen molar-refractivity contribution in [1.29, 1.82) is 0 Å². The van der Waals surface area contributed by atoms with Crippen molar-refractivity contribution in [3.8, 4) is 0 Å². The summed E-state index contributed by atoms with van der Waals surface area (Å²) in [5.41, 5.74) is 1.49. The summed E-state index contributed by atoms with van der Waals surface area (Å²) in [7, 11) is 0. The highest BCUT2D eigenvalue weighted by atomic mass is 16.4. The minimum absolute atomic E-state index is 0.0326. The van der Waals surface area contributed by atoms with Gasteiger partial charge in [-0.05, 0) is 36.0 Å². The molecule has 0 saturated carbocycles. The van der Waals surface area contributed by atoms with Crippen LogP contribution in [-0.4, -0.2) is 22.2 Å². The molecule has 0 saturated heterocycles. The van der Waals surface area contributed by atoms with Crippen molar-refractivity contribution in [3.05, 3.63) is 34.4 Å². The zero-order valence-corrected chi connectivity index (χ0v) is 13.7. The molecule has 0 fully saturated rings. The number of hydrogen-bond acceptors (Lipinski definition) is 2. The molecule has 0 amide bonds. The van der Waals surface area contributed by atoms with Gasteiger partial charge >= 0.3 is 11.9 Å². The molecule has 0 radical (unpaired) electrons. The third-order valence-corrected chi connectivity index (χ3v) is 4.14. The van der Waals surface area contributed by atoms with Crippen molar-refractivity contribution in [1.82, 2.24) is 0 Å². The number of aryl methyl sites for hydroxylation is 1. The molecule has 0 heterocycles. The van der Waals surface area contributed by atoms with E-state index in [-0.39, 0.29) is 17.0 Å². The van der Waals surface area contributed by atoms with E-state index < -0.39 is 11.9 Å². The molecule has 1 atom stereocenters. The van der Waals surface area contributed by atoms with Gasteiger partial charge in [0.15, 0.2) is 0 Å². The van der Waals surface area contributed by atoms with Gasteiger partial charge in [0, 0.05) is 0 Å². The van der Waals surface area contributed by atoms with E-state index in [1.807, 2.05) is 13.8 Å². The Morgan fingerprint density at radius 2 is 1.73 bits per heavy atom. The highest BCUT2D eigenvalue weighted by Gasteiger charge is 2.25. The van der Waals surface area contributed by atoms with Crippen LogP contribution in [0.15, 0.2) is 12.1 Å². The fraction of sp³-hybridized carbons (Fsp3) is 0.556. The second-order valence-corrected chi connectivity index (χ2v) is 5.78. The average Bonchev–Trinajstić information content (AvgIpc) is 2.49. The lowest BCUT2D eigenvalue weighted by Crippen LogP contribution is -2.15. The number of carbonyl (C=O) groups is 2. The molecule has 1 aromatic rings. The Kier molecular flexibility index (Phi) is 7.09. The first-order valence-corrected chi connectivity index (χ1v) is 8.06. The highest BCUT2D eigenvalue weighted by molar-refractivity contribution is 6.03. The summed E-state index contributed by atoms with van der Waals surface area (Å²) in [6.45, 7) is 6.12. The van der Waals surface area contributed by atoms with Crippen molar-refractivity contribution in [2.75, 3.05) is 0 Å². The van der Waals surface area contributed by atoms with Crippen molar-refractivity contribution < 1.29 is 19.8 Å². The van der Waals surface area contributed by atoms with Crippen LogP contribution in [0, 0.1) is 0 Å². The maximum absolute atomic E-state index is 11.6. The van der Waals surface area contributed by atoms with Gasteiger partial charge in [-0.1, -0.05) is 52.5 Å². The largest absolute Gasteiger partial charge is 0.478 e. The van der Waals surface area contributed by atoms with Crippen molar-refractivity contribution in [3.63, 3.8) is 0 Å². The number of unbranched alkanes of at least 4 members (excludes halogenated alkanes) is 3. The lowest BCUT2D eigenvalue weighted by atomic mass is 9.84. The third kappa shape index (κ3) is 4.33. The van der Waals surface area contributed by atoms with E-state index >= 15 is 0 Å². The first-order chi connectivity index (χ1) is 10.4. The molecule has 1 unspecified atom stereocenters. The Morgan fingerprint density at radius 1 is 1.05 bits per heavy atom. The van der Waals surface area contributed by atoms with Gasteiger partial charge in [-0.2, -0.15) is 0 Å². The normalized spacial score (nSPS) is 12.1. The Bertz CT molecular complexity index is 534. The van der Waals surface area contributed by atoms with E-state index in [4.69, 9.17) is 0 Å². The van der Waals surface area contributed by atoms with Crippen molar-refractivity contribution >= 4 is 11.9 Å². The van der Waals surface area contributed by atoms with Gasteiger partial charge in [0.05, 0.1) is 11.1 Å². The van der Waals surface area contributed by atoms with Crippen LogP contribution in [0.25, 0.3) is 0 Å². The molecule has 1 rings (SSSR count). The SMILES string of the molecule is CCCCCCC(C)c1c(CC)ccc(C(=O)O)c1C(=O)O. The number of rotatable bonds is 9. The summed E-state index contributed by atoms with van der Waals surface area (Å²) >= 11 is 0. The number of hydrogen-bond donors (Lipinski definition) is 2. The Labute approximate surface area is 132 Å². The smallest absolute Gasteiger partial charge is 0.336 e. The van der Waals surface area contributed by atoms with Crippen LogP contribution in [0.2, 0.25) is 0 Å². The summed E-state index contributed by atoms with van der Waals surface area (Å²) in [6, 6.07) is 3.17. The van der Waals surface area contributed by atoms with E-state index in [1.165, 1.54) is 12.5 Å². The predicted octanol–water partition coefficient (Wildman–Crippen LogP) is 4.72. The molecule has 1 aromatic carbocycles. The van der Waals surface area contributed by atoms with Gasteiger partial charge in [-0.25, -0.2) is 9.59 Å². The molecule has 122 valence electrons. The monoisotopic (exact) mass is 306 g/mol. The maximum atomic E-state index is 11.6. The van der Waals surface area contributed by atoms with E-state index in [0.29, 0.717) is 12.0 Å². The zero-order valence-electron chi connectivity index (χ0n) is 13.7. The van der Waals surface area contributed by atoms with Gasteiger partial charge in [0.1, 0.15) is 0 Å². The number of aromatic carboxylic acids is 2. The molecule has 0 aliphatic carbocycles. The van der Waals surface area contributed by atoms with Crippen molar-refractivity contribution in [2.45, 2.75) is 65.2 Å². The van der Waals surface area contributed by atoms with Gasteiger partial charge in [0.2, 0.25) is 0 Å². The van der Waals surface area contributed by atoms with Crippen LogP contribution in [0.5, 0.6) is 0 Å². The maximum Gasteiger partial charge on any atom is 0.336 e. The molecule has 0 spiro atoms. The molecule has 4 heteroatoms. The van der Waals surface area contributed by atoms with E-state index in [1.54, 1.807) is 6.07 Å².